The van der Waals surface area contributed by atoms with E-state index in [1.54, 1.807) is 17.1 Å². The van der Waals surface area contributed by atoms with Crippen molar-refractivity contribution in [1.82, 2.24) is 20.3 Å². The minimum atomic E-state index is -0.0676. The number of hydrogen-bond donors (Lipinski definition) is 1. The predicted molar refractivity (Wildman–Crippen MR) is 64.4 cm³/mol. The van der Waals surface area contributed by atoms with Gasteiger partial charge in [-0.05, 0) is 27.4 Å². The van der Waals surface area contributed by atoms with Crippen molar-refractivity contribution in [2.24, 2.45) is 0 Å². The zero-order valence-electron chi connectivity index (χ0n) is 8.26. The molecule has 0 aliphatic rings. The van der Waals surface area contributed by atoms with Gasteiger partial charge in [-0.2, -0.15) is 0 Å². The molecule has 0 aliphatic heterocycles. The van der Waals surface area contributed by atoms with Gasteiger partial charge < -0.3 is 5.32 Å². The maximum atomic E-state index is 11.7. The summed E-state index contributed by atoms with van der Waals surface area (Å²) < 4.78 is 2.50. The van der Waals surface area contributed by atoms with Crippen LogP contribution in [0.1, 0.15) is 9.67 Å². The first-order chi connectivity index (χ1) is 7.77. The number of nitrogens with zero attached hydrogens (tertiary/aromatic N) is 3. The Morgan fingerprint density at radius 1 is 1.62 bits per heavy atom. The Labute approximate surface area is 105 Å². The van der Waals surface area contributed by atoms with Crippen molar-refractivity contribution < 1.29 is 4.79 Å². The van der Waals surface area contributed by atoms with E-state index in [0.29, 0.717) is 18.0 Å². The summed E-state index contributed by atoms with van der Waals surface area (Å²) >= 11 is 4.73. The first kappa shape index (κ1) is 11.3. The molecule has 0 fully saturated rings. The van der Waals surface area contributed by atoms with E-state index in [1.807, 2.05) is 11.4 Å². The second-order valence-corrected chi connectivity index (χ2v) is 4.79. The third-order valence-corrected chi connectivity index (χ3v) is 3.76. The Kier molecular flexibility index (Phi) is 3.68. The molecule has 0 saturated heterocycles. The summed E-state index contributed by atoms with van der Waals surface area (Å²) in [7, 11) is 0. The predicted octanol–water partition coefficient (Wildman–Crippen LogP) is 1.53. The van der Waals surface area contributed by atoms with Crippen molar-refractivity contribution in [2.45, 2.75) is 6.54 Å². The molecule has 5 nitrogen and oxygen atoms in total. The van der Waals surface area contributed by atoms with Gasteiger partial charge in [0.05, 0.1) is 12.7 Å². The maximum absolute atomic E-state index is 11.7. The zero-order valence-corrected chi connectivity index (χ0v) is 10.7. The van der Waals surface area contributed by atoms with Crippen LogP contribution in [0, 0.1) is 0 Å². The van der Waals surface area contributed by atoms with E-state index in [-0.39, 0.29) is 5.91 Å². The Bertz CT molecular complexity index is 468. The molecule has 16 heavy (non-hydrogen) atoms. The van der Waals surface area contributed by atoms with E-state index in [0.717, 1.165) is 4.47 Å². The first-order valence-electron chi connectivity index (χ1n) is 4.62. The summed E-state index contributed by atoms with van der Waals surface area (Å²) in [5, 5.41) is 12.2. The Hall–Kier alpha value is -1.21. The summed E-state index contributed by atoms with van der Waals surface area (Å²) in [6.45, 7) is 1.15. The number of thiophene rings is 1. The van der Waals surface area contributed by atoms with Crippen molar-refractivity contribution in [3.63, 3.8) is 0 Å². The molecule has 0 radical (unpaired) electrons. The van der Waals surface area contributed by atoms with Gasteiger partial charge in [0.2, 0.25) is 0 Å². The molecule has 1 amide bonds. The molecule has 84 valence electrons. The topological polar surface area (TPSA) is 59.8 Å². The Balaban J connectivity index is 1.83. The van der Waals surface area contributed by atoms with Gasteiger partial charge in [0.1, 0.15) is 4.88 Å². The lowest BCUT2D eigenvalue weighted by Crippen LogP contribution is -2.26. The van der Waals surface area contributed by atoms with Crippen LogP contribution in [-0.2, 0) is 6.54 Å². The molecular formula is C9H9BrN4OS. The highest BCUT2D eigenvalue weighted by molar-refractivity contribution is 9.10. The number of aromatic nitrogens is 3. The molecule has 0 aliphatic carbocycles. The summed E-state index contributed by atoms with van der Waals surface area (Å²) in [4.78, 5) is 12.4. The normalized spacial score (nSPS) is 10.3. The molecule has 2 aromatic rings. The van der Waals surface area contributed by atoms with Gasteiger partial charge in [-0.3, -0.25) is 9.48 Å². The van der Waals surface area contributed by atoms with Crippen LogP contribution in [-0.4, -0.2) is 27.4 Å². The highest BCUT2D eigenvalue weighted by Crippen LogP contribution is 2.22. The number of nitrogens with one attached hydrogen (secondary N) is 1. The summed E-state index contributed by atoms with van der Waals surface area (Å²) in [5.74, 6) is -0.0676. The molecule has 0 saturated carbocycles. The average molecular weight is 301 g/mol. The standard InChI is InChI=1S/C9H9BrN4OS/c10-7-1-6-16-8(7)9(15)11-2-4-14-5-3-12-13-14/h1,3,5-6H,2,4H2,(H,11,15). The number of carbonyl (C=O) groups is 1. The van der Waals surface area contributed by atoms with E-state index in [1.165, 1.54) is 11.3 Å². The number of amides is 1. The van der Waals surface area contributed by atoms with Gasteiger partial charge in [0, 0.05) is 17.2 Å². The Morgan fingerprint density at radius 3 is 3.12 bits per heavy atom. The van der Waals surface area contributed by atoms with Crippen LogP contribution in [0.25, 0.3) is 0 Å². The largest absolute Gasteiger partial charge is 0.349 e. The minimum absolute atomic E-state index is 0.0676. The van der Waals surface area contributed by atoms with Gasteiger partial charge in [0.15, 0.2) is 0 Å². The van der Waals surface area contributed by atoms with Crippen molar-refractivity contribution in [1.29, 1.82) is 0 Å². The van der Waals surface area contributed by atoms with Crippen LogP contribution in [0.3, 0.4) is 0 Å². The van der Waals surface area contributed by atoms with Crippen LogP contribution in [0.2, 0.25) is 0 Å². The van der Waals surface area contributed by atoms with Crippen LogP contribution < -0.4 is 5.32 Å². The van der Waals surface area contributed by atoms with Crippen molar-refractivity contribution >= 4 is 33.2 Å². The second-order valence-electron chi connectivity index (χ2n) is 3.02. The highest BCUT2D eigenvalue weighted by atomic mass is 79.9. The minimum Gasteiger partial charge on any atom is -0.349 e. The van der Waals surface area contributed by atoms with E-state index in [4.69, 9.17) is 0 Å². The smallest absolute Gasteiger partial charge is 0.262 e. The quantitative estimate of drug-likeness (QED) is 0.931. The lowest BCUT2D eigenvalue weighted by molar-refractivity contribution is 0.0955. The number of carbonyl (C=O) groups excluding carboxylic acids is 1. The molecule has 2 heterocycles. The van der Waals surface area contributed by atoms with E-state index in [2.05, 4.69) is 31.6 Å². The molecule has 0 bridgehead atoms. The monoisotopic (exact) mass is 300 g/mol. The lowest BCUT2D eigenvalue weighted by atomic mass is 10.4. The van der Waals surface area contributed by atoms with Gasteiger partial charge >= 0.3 is 0 Å². The van der Waals surface area contributed by atoms with Gasteiger partial charge in [-0.15, -0.1) is 16.4 Å². The highest BCUT2D eigenvalue weighted by Gasteiger charge is 2.10. The van der Waals surface area contributed by atoms with Crippen LogP contribution in [0.15, 0.2) is 28.3 Å². The number of halogens is 1. The van der Waals surface area contributed by atoms with Gasteiger partial charge in [-0.25, -0.2) is 0 Å². The van der Waals surface area contributed by atoms with E-state index >= 15 is 0 Å². The number of rotatable bonds is 4. The summed E-state index contributed by atoms with van der Waals surface area (Å²) in [5.41, 5.74) is 0. The molecule has 0 aromatic carbocycles. The number of hydrogen-bond acceptors (Lipinski definition) is 4. The van der Waals surface area contributed by atoms with Crippen molar-refractivity contribution in [3.8, 4) is 0 Å². The second kappa shape index (κ2) is 5.22. The van der Waals surface area contributed by atoms with E-state index in [9.17, 15) is 4.79 Å². The van der Waals surface area contributed by atoms with Gasteiger partial charge in [0.25, 0.3) is 5.91 Å². The lowest BCUT2D eigenvalue weighted by Gasteiger charge is -2.03. The van der Waals surface area contributed by atoms with Crippen LogP contribution in [0.4, 0.5) is 0 Å². The third-order valence-electron chi connectivity index (χ3n) is 1.92. The first-order valence-corrected chi connectivity index (χ1v) is 6.30. The molecule has 0 spiro atoms. The fourth-order valence-electron chi connectivity index (χ4n) is 1.17. The molecule has 1 N–H and O–H groups in total. The SMILES string of the molecule is O=C(NCCn1ccnn1)c1sccc1Br. The molecule has 2 rings (SSSR count). The van der Waals surface area contributed by atoms with Crippen LogP contribution >= 0.6 is 27.3 Å². The van der Waals surface area contributed by atoms with Crippen molar-refractivity contribution in [3.05, 3.63) is 33.2 Å². The average Bonchev–Trinajstić information content (AvgIpc) is 2.88. The Morgan fingerprint density at radius 2 is 2.50 bits per heavy atom. The molecule has 0 unspecified atom stereocenters. The van der Waals surface area contributed by atoms with Gasteiger partial charge in [-0.1, -0.05) is 5.21 Å². The third kappa shape index (κ3) is 2.67. The molecular weight excluding hydrogens is 292 g/mol. The maximum Gasteiger partial charge on any atom is 0.262 e. The fourth-order valence-corrected chi connectivity index (χ4v) is 2.64. The van der Waals surface area contributed by atoms with Crippen LogP contribution in [0.5, 0.6) is 0 Å². The molecule has 7 heteroatoms. The fraction of sp³-hybridized carbons (Fsp3) is 0.222. The molecule has 2 aromatic heterocycles. The van der Waals surface area contributed by atoms with E-state index < -0.39 is 0 Å². The zero-order chi connectivity index (χ0) is 11.4. The summed E-state index contributed by atoms with van der Waals surface area (Å²) in [6.07, 6.45) is 3.37. The molecule has 0 atom stereocenters. The summed E-state index contributed by atoms with van der Waals surface area (Å²) in [6, 6.07) is 1.86. The van der Waals surface area contributed by atoms with Crippen molar-refractivity contribution in [2.75, 3.05) is 6.54 Å².